The first-order valence-electron chi connectivity index (χ1n) is 8.99. The van der Waals surface area contributed by atoms with Crippen molar-refractivity contribution in [3.63, 3.8) is 0 Å². The van der Waals surface area contributed by atoms with Crippen LogP contribution in [0.3, 0.4) is 0 Å². The predicted molar refractivity (Wildman–Crippen MR) is 113 cm³/mol. The zero-order valence-corrected chi connectivity index (χ0v) is 16.9. The van der Waals surface area contributed by atoms with E-state index in [1.807, 2.05) is 24.3 Å². The summed E-state index contributed by atoms with van der Waals surface area (Å²) in [6.07, 6.45) is -0.967. The van der Waals surface area contributed by atoms with E-state index in [1.54, 1.807) is 42.5 Å². The molecule has 7 nitrogen and oxygen atoms in total. The van der Waals surface area contributed by atoms with E-state index in [0.29, 0.717) is 11.4 Å². The normalized spacial score (nSPS) is 21.1. The number of benzene rings is 3. The van der Waals surface area contributed by atoms with Crippen LogP contribution in [0.25, 0.3) is 10.8 Å². The van der Waals surface area contributed by atoms with E-state index in [0.717, 1.165) is 10.8 Å². The molecule has 3 aromatic rings. The maximum absolute atomic E-state index is 12.7. The zero-order chi connectivity index (χ0) is 20.6. The number of sulfone groups is 1. The molecule has 0 saturated carbocycles. The standard InChI is InChI=1S/C20H20N2O5S2/c23-20-13-28(24,25)12-19(20)21-16-6-8-17(9-7-16)22-29(26,27)18-10-5-14-3-1-2-4-15(14)11-18/h1-11,19-23H,12-13H2/t19-,20-/m1/s1. The third-order valence-corrected chi connectivity index (χ3v) is 7.94. The molecule has 0 radical (unpaired) electrons. The second kappa shape index (κ2) is 7.33. The van der Waals surface area contributed by atoms with Gasteiger partial charge in [0.15, 0.2) is 9.84 Å². The average molecular weight is 433 g/mol. The SMILES string of the molecule is O=S1(=O)C[C@@H](O)[C@H](Nc2ccc(NS(=O)(=O)c3ccc4ccccc4c3)cc2)C1. The van der Waals surface area contributed by atoms with Crippen LogP contribution in [0, 0.1) is 0 Å². The zero-order valence-electron chi connectivity index (χ0n) is 15.3. The fraction of sp³-hybridized carbons (Fsp3) is 0.200. The number of anilines is 2. The molecule has 1 saturated heterocycles. The number of aliphatic hydroxyl groups is 1. The molecule has 1 aliphatic rings. The summed E-state index contributed by atoms with van der Waals surface area (Å²) in [7, 11) is -7.00. The Kier molecular flexibility index (Phi) is 4.97. The van der Waals surface area contributed by atoms with Gasteiger partial charge >= 0.3 is 0 Å². The lowest BCUT2D eigenvalue weighted by atomic mass is 10.1. The Morgan fingerprint density at radius 2 is 1.52 bits per heavy atom. The highest BCUT2D eigenvalue weighted by atomic mass is 32.2. The molecule has 4 rings (SSSR count). The number of fused-ring (bicyclic) bond motifs is 1. The van der Waals surface area contributed by atoms with Crippen molar-refractivity contribution >= 4 is 42.0 Å². The van der Waals surface area contributed by atoms with E-state index < -0.39 is 32.0 Å². The van der Waals surface area contributed by atoms with Crippen LogP contribution in [0.4, 0.5) is 11.4 Å². The van der Waals surface area contributed by atoms with Gasteiger partial charge < -0.3 is 10.4 Å². The minimum atomic E-state index is -3.75. The molecular formula is C20H20N2O5S2. The van der Waals surface area contributed by atoms with Crippen molar-refractivity contribution < 1.29 is 21.9 Å². The lowest BCUT2D eigenvalue weighted by Crippen LogP contribution is -2.31. The van der Waals surface area contributed by atoms with Crippen molar-refractivity contribution in [3.05, 3.63) is 66.7 Å². The van der Waals surface area contributed by atoms with Gasteiger partial charge in [0, 0.05) is 11.4 Å². The fourth-order valence-electron chi connectivity index (χ4n) is 3.36. The van der Waals surface area contributed by atoms with Gasteiger partial charge in [0.05, 0.1) is 28.5 Å². The fourth-order valence-corrected chi connectivity index (χ4v) is 6.20. The Balaban J connectivity index is 1.49. The molecule has 2 atom stereocenters. The van der Waals surface area contributed by atoms with Gasteiger partial charge in [-0.25, -0.2) is 16.8 Å². The van der Waals surface area contributed by atoms with Gasteiger partial charge in [-0.2, -0.15) is 0 Å². The van der Waals surface area contributed by atoms with Crippen LogP contribution in [0.5, 0.6) is 0 Å². The molecular weight excluding hydrogens is 412 g/mol. The van der Waals surface area contributed by atoms with E-state index >= 15 is 0 Å². The Morgan fingerprint density at radius 1 is 0.862 bits per heavy atom. The molecule has 0 bridgehead atoms. The van der Waals surface area contributed by atoms with Crippen molar-refractivity contribution in [1.29, 1.82) is 0 Å². The molecule has 9 heteroatoms. The lowest BCUT2D eigenvalue weighted by Gasteiger charge is -2.16. The van der Waals surface area contributed by atoms with E-state index in [4.69, 9.17) is 0 Å². The number of aliphatic hydroxyl groups excluding tert-OH is 1. The van der Waals surface area contributed by atoms with Gasteiger partial charge in [-0.3, -0.25) is 4.72 Å². The van der Waals surface area contributed by atoms with E-state index in [9.17, 15) is 21.9 Å². The number of nitrogens with one attached hydrogen (secondary N) is 2. The van der Waals surface area contributed by atoms with E-state index in [-0.39, 0.29) is 16.4 Å². The van der Waals surface area contributed by atoms with Crippen molar-refractivity contribution in [2.24, 2.45) is 0 Å². The van der Waals surface area contributed by atoms with Gasteiger partial charge in [-0.05, 0) is 47.2 Å². The number of sulfonamides is 1. The monoisotopic (exact) mass is 432 g/mol. The van der Waals surface area contributed by atoms with Gasteiger partial charge in [-0.15, -0.1) is 0 Å². The summed E-state index contributed by atoms with van der Waals surface area (Å²) in [5.74, 6) is -0.390. The maximum atomic E-state index is 12.7. The second-order valence-corrected chi connectivity index (χ2v) is 10.9. The number of hydrogen-bond donors (Lipinski definition) is 3. The predicted octanol–water partition coefficient (Wildman–Crippen LogP) is 2.21. The van der Waals surface area contributed by atoms with Crippen LogP contribution in [0.1, 0.15) is 0 Å². The van der Waals surface area contributed by atoms with Crippen molar-refractivity contribution in [3.8, 4) is 0 Å². The third-order valence-electron chi connectivity index (χ3n) is 4.84. The first kappa shape index (κ1) is 19.7. The first-order valence-corrected chi connectivity index (χ1v) is 12.3. The van der Waals surface area contributed by atoms with Crippen LogP contribution in [0.2, 0.25) is 0 Å². The first-order chi connectivity index (χ1) is 13.7. The highest BCUT2D eigenvalue weighted by Gasteiger charge is 2.36. The van der Waals surface area contributed by atoms with Crippen LogP contribution in [0.15, 0.2) is 71.6 Å². The minimum absolute atomic E-state index is 0.134. The molecule has 0 aliphatic carbocycles. The smallest absolute Gasteiger partial charge is 0.261 e. The molecule has 1 heterocycles. The third kappa shape index (κ3) is 4.36. The second-order valence-electron chi connectivity index (χ2n) is 7.09. The highest BCUT2D eigenvalue weighted by Crippen LogP contribution is 2.23. The molecule has 1 fully saturated rings. The Hall–Kier alpha value is -2.62. The number of rotatable bonds is 5. The van der Waals surface area contributed by atoms with Gasteiger partial charge in [0.1, 0.15) is 0 Å². The summed E-state index contributed by atoms with van der Waals surface area (Å²) in [5.41, 5.74) is 0.975. The molecule has 3 N–H and O–H groups in total. The Bertz CT molecular complexity index is 1260. The van der Waals surface area contributed by atoms with Crippen LogP contribution >= 0.6 is 0 Å². The number of hydrogen-bond acceptors (Lipinski definition) is 6. The molecule has 0 amide bonds. The summed E-state index contributed by atoms with van der Waals surface area (Å²) >= 11 is 0. The summed E-state index contributed by atoms with van der Waals surface area (Å²) in [5, 5.41) is 14.6. The molecule has 3 aromatic carbocycles. The molecule has 0 spiro atoms. The van der Waals surface area contributed by atoms with Crippen molar-refractivity contribution in [2.45, 2.75) is 17.0 Å². The van der Waals surface area contributed by atoms with Crippen molar-refractivity contribution in [2.75, 3.05) is 21.5 Å². The molecule has 1 aliphatic heterocycles. The van der Waals surface area contributed by atoms with Gasteiger partial charge in [-0.1, -0.05) is 30.3 Å². The summed E-state index contributed by atoms with van der Waals surface area (Å²) in [6.45, 7) is 0. The molecule has 0 unspecified atom stereocenters. The van der Waals surface area contributed by atoms with Crippen LogP contribution in [-0.4, -0.2) is 45.6 Å². The van der Waals surface area contributed by atoms with Gasteiger partial charge in [0.2, 0.25) is 0 Å². The lowest BCUT2D eigenvalue weighted by molar-refractivity contribution is 0.190. The average Bonchev–Trinajstić information content (AvgIpc) is 2.94. The Morgan fingerprint density at radius 3 is 2.17 bits per heavy atom. The van der Waals surface area contributed by atoms with Crippen LogP contribution in [-0.2, 0) is 19.9 Å². The molecule has 152 valence electrons. The van der Waals surface area contributed by atoms with Gasteiger partial charge in [0.25, 0.3) is 10.0 Å². The topological polar surface area (TPSA) is 113 Å². The quantitative estimate of drug-likeness (QED) is 0.570. The minimum Gasteiger partial charge on any atom is -0.390 e. The van der Waals surface area contributed by atoms with Crippen molar-refractivity contribution in [1.82, 2.24) is 0 Å². The largest absolute Gasteiger partial charge is 0.390 e. The summed E-state index contributed by atoms with van der Waals surface area (Å²) < 4.78 is 51.1. The molecule has 29 heavy (non-hydrogen) atoms. The summed E-state index contributed by atoms with van der Waals surface area (Å²) in [4.78, 5) is 0.165. The summed E-state index contributed by atoms with van der Waals surface area (Å²) in [6, 6.07) is 18.3. The van der Waals surface area contributed by atoms with E-state index in [2.05, 4.69) is 10.0 Å². The Labute approximate surface area is 169 Å². The highest BCUT2D eigenvalue weighted by molar-refractivity contribution is 7.92. The maximum Gasteiger partial charge on any atom is 0.261 e. The van der Waals surface area contributed by atoms with Crippen LogP contribution < -0.4 is 10.0 Å². The van der Waals surface area contributed by atoms with E-state index in [1.165, 1.54) is 0 Å². The molecule has 0 aromatic heterocycles.